The Hall–Kier alpha value is -1.30. The maximum atomic E-state index is 12.1. The van der Waals surface area contributed by atoms with Crippen LogP contribution in [0.3, 0.4) is 0 Å². The molecule has 0 radical (unpaired) electrons. The predicted octanol–water partition coefficient (Wildman–Crippen LogP) is -0.00720. The Morgan fingerprint density at radius 2 is 1.94 bits per heavy atom. The van der Waals surface area contributed by atoms with Gasteiger partial charge < -0.3 is 14.5 Å². The zero-order valence-electron chi connectivity index (χ0n) is 10.9. The van der Waals surface area contributed by atoms with Crippen molar-refractivity contribution in [3.8, 4) is 0 Å². The molecular weight excluding hydrogens is 234 g/mol. The van der Waals surface area contributed by atoms with E-state index in [-0.39, 0.29) is 18.5 Å². The fraction of sp³-hybridized carbons (Fsp3) is 0.833. The lowest BCUT2D eigenvalue weighted by atomic mass is 10.3. The SMILES string of the molecule is CCN1CCN(C(=O)CN2CCCOC2=O)CC1. The molecule has 0 aromatic carbocycles. The number of rotatable bonds is 3. The van der Waals surface area contributed by atoms with E-state index in [0.717, 1.165) is 39.1 Å². The second-order valence-electron chi connectivity index (χ2n) is 4.70. The van der Waals surface area contributed by atoms with Crippen LogP contribution in [-0.4, -0.2) is 79.1 Å². The highest BCUT2D eigenvalue weighted by molar-refractivity contribution is 5.82. The van der Waals surface area contributed by atoms with Crippen molar-refractivity contribution >= 4 is 12.0 Å². The molecule has 2 aliphatic rings. The van der Waals surface area contributed by atoms with Crippen LogP contribution in [0.1, 0.15) is 13.3 Å². The third-order valence-electron chi connectivity index (χ3n) is 3.55. The van der Waals surface area contributed by atoms with Crippen molar-refractivity contribution in [3.63, 3.8) is 0 Å². The zero-order chi connectivity index (χ0) is 13.0. The van der Waals surface area contributed by atoms with Gasteiger partial charge in [-0.25, -0.2) is 4.79 Å². The molecule has 6 nitrogen and oxygen atoms in total. The minimum absolute atomic E-state index is 0.0320. The van der Waals surface area contributed by atoms with Crippen molar-refractivity contribution in [3.05, 3.63) is 0 Å². The van der Waals surface area contributed by atoms with Gasteiger partial charge in [0, 0.05) is 32.7 Å². The number of hydrogen-bond acceptors (Lipinski definition) is 4. The van der Waals surface area contributed by atoms with Crippen LogP contribution in [0, 0.1) is 0 Å². The topological polar surface area (TPSA) is 53.1 Å². The third-order valence-corrected chi connectivity index (χ3v) is 3.55. The van der Waals surface area contributed by atoms with Gasteiger partial charge in [0.1, 0.15) is 6.54 Å². The Kier molecular flexibility index (Phi) is 4.41. The molecule has 0 aromatic rings. The van der Waals surface area contributed by atoms with Crippen molar-refractivity contribution in [2.24, 2.45) is 0 Å². The quantitative estimate of drug-likeness (QED) is 0.712. The van der Waals surface area contributed by atoms with Gasteiger partial charge in [0.05, 0.1) is 6.61 Å². The Morgan fingerprint density at radius 1 is 1.22 bits per heavy atom. The molecule has 0 unspecified atom stereocenters. The number of amides is 2. The van der Waals surface area contributed by atoms with Gasteiger partial charge in [0.25, 0.3) is 0 Å². The van der Waals surface area contributed by atoms with Gasteiger partial charge in [0.15, 0.2) is 0 Å². The van der Waals surface area contributed by atoms with E-state index in [1.807, 2.05) is 4.90 Å². The minimum atomic E-state index is -0.359. The molecule has 2 aliphatic heterocycles. The summed E-state index contributed by atoms with van der Waals surface area (Å²) in [5.74, 6) is 0.0320. The lowest BCUT2D eigenvalue weighted by molar-refractivity contribution is -0.134. The first-order valence-corrected chi connectivity index (χ1v) is 6.62. The molecule has 18 heavy (non-hydrogen) atoms. The Balaban J connectivity index is 1.79. The van der Waals surface area contributed by atoms with E-state index in [2.05, 4.69) is 11.8 Å². The van der Waals surface area contributed by atoms with E-state index in [1.165, 1.54) is 4.90 Å². The number of carbonyl (C=O) groups excluding carboxylic acids is 2. The lowest BCUT2D eigenvalue weighted by Crippen LogP contribution is -2.52. The van der Waals surface area contributed by atoms with E-state index in [4.69, 9.17) is 4.74 Å². The zero-order valence-corrected chi connectivity index (χ0v) is 10.9. The number of nitrogens with zero attached hydrogens (tertiary/aromatic N) is 3. The summed E-state index contributed by atoms with van der Waals surface area (Å²) >= 11 is 0. The standard InChI is InChI=1S/C12H21N3O3/c1-2-13-5-7-14(8-6-13)11(16)10-15-4-3-9-18-12(15)17/h2-10H2,1H3. The number of carbonyl (C=O) groups is 2. The molecule has 2 heterocycles. The number of ether oxygens (including phenoxy) is 1. The second-order valence-corrected chi connectivity index (χ2v) is 4.70. The van der Waals surface area contributed by atoms with Gasteiger partial charge in [0.2, 0.25) is 5.91 Å². The van der Waals surface area contributed by atoms with Crippen molar-refractivity contribution < 1.29 is 14.3 Å². The van der Waals surface area contributed by atoms with E-state index < -0.39 is 0 Å². The van der Waals surface area contributed by atoms with Crippen LogP contribution in [0.5, 0.6) is 0 Å². The van der Waals surface area contributed by atoms with Crippen LogP contribution in [-0.2, 0) is 9.53 Å². The smallest absolute Gasteiger partial charge is 0.410 e. The first-order valence-electron chi connectivity index (χ1n) is 6.62. The summed E-state index contributed by atoms with van der Waals surface area (Å²) in [5.41, 5.74) is 0. The molecule has 6 heteroatoms. The van der Waals surface area contributed by atoms with Crippen LogP contribution in [0.15, 0.2) is 0 Å². The molecule has 2 rings (SSSR count). The van der Waals surface area contributed by atoms with Gasteiger partial charge >= 0.3 is 6.09 Å². The number of likely N-dealkylation sites (N-methyl/N-ethyl adjacent to an activating group) is 1. The first-order chi connectivity index (χ1) is 8.70. The molecule has 0 N–H and O–H groups in total. The fourth-order valence-electron chi connectivity index (χ4n) is 2.32. The maximum Gasteiger partial charge on any atom is 0.410 e. The van der Waals surface area contributed by atoms with Gasteiger partial charge in [-0.2, -0.15) is 0 Å². The molecule has 2 saturated heterocycles. The molecule has 0 atom stereocenters. The highest BCUT2D eigenvalue weighted by Gasteiger charge is 2.26. The van der Waals surface area contributed by atoms with Crippen LogP contribution < -0.4 is 0 Å². The largest absolute Gasteiger partial charge is 0.449 e. The summed E-state index contributed by atoms with van der Waals surface area (Å²) in [7, 11) is 0. The van der Waals surface area contributed by atoms with Gasteiger partial charge in [-0.3, -0.25) is 9.69 Å². The third kappa shape index (κ3) is 3.13. The summed E-state index contributed by atoms with van der Waals surface area (Å²) < 4.78 is 4.92. The summed E-state index contributed by atoms with van der Waals surface area (Å²) in [4.78, 5) is 29.2. The average Bonchev–Trinajstić information content (AvgIpc) is 2.41. The van der Waals surface area contributed by atoms with Crippen molar-refractivity contribution in [2.75, 3.05) is 52.4 Å². The Bertz CT molecular complexity index is 314. The Labute approximate surface area is 107 Å². The fourth-order valence-corrected chi connectivity index (χ4v) is 2.32. The molecule has 0 bridgehead atoms. The lowest BCUT2D eigenvalue weighted by Gasteiger charge is -2.35. The summed E-state index contributed by atoms with van der Waals surface area (Å²) in [6.45, 7) is 7.77. The van der Waals surface area contributed by atoms with Crippen LogP contribution in [0.2, 0.25) is 0 Å². The molecule has 2 fully saturated rings. The van der Waals surface area contributed by atoms with Crippen LogP contribution >= 0.6 is 0 Å². The molecule has 0 saturated carbocycles. The summed E-state index contributed by atoms with van der Waals surface area (Å²) in [6.07, 6.45) is 0.449. The highest BCUT2D eigenvalue weighted by atomic mass is 16.6. The number of cyclic esters (lactones) is 1. The summed E-state index contributed by atoms with van der Waals surface area (Å²) in [6, 6.07) is 0. The van der Waals surface area contributed by atoms with E-state index in [9.17, 15) is 9.59 Å². The normalized spacial score (nSPS) is 21.9. The van der Waals surface area contributed by atoms with E-state index in [0.29, 0.717) is 13.2 Å². The van der Waals surface area contributed by atoms with Crippen molar-refractivity contribution in [1.29, 1.82) is 0 Å². The average molecular weight is 255 g/mol. The van der Waals surface area contributed by atoms with E-state index in [1.54, 1.807) is 0 Å². The Morgan fingerprint density at radius 3 is 2.56 bits per heavy atom. The number of hydrogen-bond donors (Lipinski definition) is 0. The monoisotopic (exact) mass is 255 g/mol. The predicted molar refractivity (Wildman–Crippen MR) is 66.2 cm³/mol. The maximum absolute atomic E-state index is 12.1. The summed E-state index contributed by atoms with van der Waals surface area (Å²) in [5, 5.41) is 0. The molecule has 102 valence electrons. The van der Waals surface area contributed by atoms with Gasteiger partial charge in [-0.05, 0) is 13.0 Å². The molecule has 0 aliphatic carbocycles. The van der Waals surface area contributed by atoms with Crippen molar-refractivity contribution in [1.82, 2.24) is 14.7 Å². The van der Waals surface area contributed by atoms with Gasteiger partial charge in [-0.1, -0.05) is 6.92 Å². The molecule has 0 aromatic heterocycles. The van der Waals surface area contributed by atoms with Gasteiger partial charge in [-0.15, -0.1) is 0 Å². The second kappa shape index (κ2) is 6.04. The van der Waals surface area contributed by atoms with Crippen LogP contribution in [0.25, 0.3) is 0 Å². The molecular formula is C12H21N3O3. The molecule has 0 spiro atoms. The minimum Gasteiger partial charge on any atom is -0.449 e. The molecule has 2 amide bonds. The van der Waals surface area contributed by atoms with Crippen molar-refractivity contribution in [2.45, 2.75) is 13.3 Å². The number of piperazine rings is 1. The van der Waals surface area contributed by atoms with E-state index >= 15 is 0 Å². The highest BCUT2D eigenvalue weighted by Crippen LogP contribution is 2.07. The van der Waals surface area contributed by atoms with Crippen LogP contribution in [0.4, 0.5) is 4.79 Å². The first kappa shape index (κ1) is 13.1.